The van der Waals surface area contributed by atoms with Crippen molar-refractivity contribution in [3.8, 4) is 0 Å². The van der Waals surface area contributed by atoms with Gasteiger partial charge in [0.25, 0.3) is 0 Å². The van der Waals surface area contributed by atoms with E-state index in [1.165, 1.54) is 5.56 Å². The molecule has 0 unspecified atom stereocenters. The van der Waals surface area contributed by atoms with Crippen LogP contribution in [0.25, 0.3) is 0 Å². The summed E-state index contributed by atoms with van der Waals surface area (Å²) in [6.07, 6.45) is 5.17. The Kier molecular flexibility index (Phi) is 3.53. The zero-order chi connectivity index (χ0) is 14.1. The van der Waals surface area contributed by atoms with E-state index in [2.05, 4.69) is 26.2 Å². The van der Waals surface area contributed by atoms with Crippen LogP contribution in [0.2, 0.25) is 0 Å². The van der Waals surface area contributed by atoms with Crippen LogP contribution in [-0.4, -0.2) is 37.7 Å². The standard InChI is InChI=1S/C15H21N5/c1-11-6-12(2)18-15(17-11)14-4-5-20(10-14)9-13-7-16-19(3)8-13/h6-8,14H,4-5,9-10H2,1-3H3/t14-/m0/s1. The van der Waals surface area contributed by atoms with E-state index >= 15 is 0 Å². The molecule has 0 saturated carbocycles. The summed E-state index contributed by atoms with van der Waals surface area (Å²) < 4.78 is 1.86. The highest BCUT2D eigenvalue weighted by Crippen LogP contribution is 2.26. The van der Waals surface area contributed by atoms with E-state index in [1.54, 1.807) is 0 Å². The number of aryl methyl sites for hydroxylation is 3. The normalized spacial score (nSPS) is 19.6. The molecule has 0 spiro atoms. The third-order valence-corrected chi connectivity index (χ3v) is 3.80. The van der Waals surface area contributed by atoms with E-state index in [4.69, 9.17) is 0 Å². The number of aromatic nitrogens is 4. The van der Waals surface area contributed by atoms with Crippen molar-refractivity contribution in [3.63, 3.8) is 0 Å². The maximum atomic E-state index is 4.61. The lowest BCUT2D eigenvalue weighted by molar-refractivity contribution is 0.325. The summed E-state index contributed by atoms with van der Waals surface area (Å²) in [6, 6.07) is 2.03. The summed E-state index contributed by atoms with van der Waals surface area (Å²) in [5.41, 5.74) is 3.41. The molecule has 3 heterocycles. The van der Waals surface area contributed by atoms with Crippen molar-refractivity contribution >= 4 is 0 Å². The smallest absolute Gasteiger partial charge is 0.133 e. The Labute approximate surface area is 119 Å². The minimum absolute atomic E-state index is 0.463. The maximum Gasteiger partial charge on any atom is 0.133 e. The predicted molar refractivity (Wildman–Crippen MR) is 77.3 cm³/mol. The lowest BCUT2D eigenvalue weighted by atomic mass is 10.1. The van der Waals surface area contributed by atoms with Crippen molar-refractivity contribution in [3.05, 3.63) is 41.2 Å². The second-order valence-electron chi connectivity index (χ2n) is 5.75. The Morgan fingerprint density at radius 3 is 2.65 bits per heavy atom. The van der Waals surface area contributed by atoms with Gasteiger partial charge in [-0.1, -0.05) is 0 Å². The second kappa shape index (κ2) is 5.32. The molecule has 0 aromatic carbocycles. The fourth-order valence-electron chi connectivity index (χ4n) is 2.93. The molecule has 0 radical (unpaired) electrons. The van der Waals surface area contributed by atoms with Crippen molar-refractivity contribution in [1.82, 2.24) is 24.6 Å². The van der Waals surface area contributed by atoms with Crippen LogP contribution in [0.5, 0.6) is 0 Å². The molecule has 20 heavy (non-hydrogen) atoms. The third kappa shape index (κ3) is 2.88. The molecule has 1 atom stereocenters. The molecule has 3 rings (SSSR count). The summed E-state index contributed by atoms with van der Waals surface area (Å²) in [7, 11) is 1.96. The number of hydrogen-bond acceptors (Lipinski definition) is 4. The molecule has 1 aliphatic rings. The van der Waals surface area contributed by atoms with Gasteiger partial charge in [-0.3, -0.25) is 9.58 Å². The first-order valence-electron chi connectivity index (χ1n) is 7.12. The molecule has 0 bridgehead atoms. The fraction of sp³-hybridized carbons (Fsp3) is 0.533. The zero-order valence-electron chi connectivity index (χ0n) is 12.4. The second-order valence-corrected chi connectivity index (χ2v) is 5.75. The lowest BCUT2D eigenvalue weighted by Gasteiger charge is -2.14. The number of nitrogens with zero attached hydrogens (tertiary/aromatic N) is 5. The molecule has 106 valence electrons. The SMILES string of the molecule is Cc1cc(C)nc([C@H]2CCN(Cc3cnn(C)c3)C2)n1. The van der Waals surface area contributed by atoms with E-state index in [0.29, 0.717) is 5.92 Å². The number of hydrogen-bond donors (Lipinski definition) is 0. The van der Waals surface area contributed by atoms with E-state index in [0.717, 1.165) is 43.3 Å². The van der Waals surface area contributed by atoms with Crippen LogP contribution in [0.15, 0.2) is 18.5 Å². The van der Waals surface area contributed by atoms with Crippen molar-refractivity contribution in [2.75, 3.05) is 13.1 Å². The molecular formula is C15H21N5. The van der Waals surface area contributed by atoms with E-state index < -0.39 is 0 Å². The average Bonchev–Trinajstić information content (AvgIpc) is 2.98. The van der Waals surface area contributed by atoms with Gasteiger partial charge in [-0.2, -0.15) is 5.10 Å². The molecule has 5 nitrogen and oxygen atoms in total. The average molecular weight is 271 g/mol. The van der Waals surface area contributed by atoms with Crippen LogP contribution >= 0.6 is 0 Å². The molecule has 1 fully saturated rings. The Balaban J connectivity index is 1.67. The van der Waals surface area contributed by atoms with E-state index in [1.807, 2.05) is 37.8 Å². The Bertz CT molecular complexity index is 584. The van der Waals surface area contributed by atoms with Crippen molar-refractivity contribution in [2.24, 2.45) is 7.05 Å². The van der Waals surface area contributed by atoms with Gasteiger partial charge in [-0.05, 0) is 32.9 Å². The van der Waals surface area contributed by atoms with Crippen LogP contribution < -0.4 is 0 Å². The molecule has 2 aromatic heterocycles. The Morgan fingerprint density at radius 1 is 1.25 bits per heavy atom. The van der Waals surface area contributed by atoms with E-state index in [-0.39, 0.29) is 0 Å². The Morgan fingerprint density at radius 2 is 2.00 bits per heavy atom. The van der Waals surface area contributed by atoms with Gasteiger partial charge < -0.3 is 0 Å². The van der Waals surface area contributed by atoms with Crippen LogP contribution in [0, 0.1) is 13.8 Å². The first-order valence-corrected chi connectivity index (χ1v) is 7.12. The van der Waals surface area contributed by atoms with Gasteiger partial charge >= 0.3 is 0 Å². The van der Waals surface area contributed by atoms with Gasteiger partial charge in [0.05, 0.1) is 6.20 Å². The molecule has 0 N–H and O–H groups in total. The number of likely N-dealkylation sites (tertiary alicyclic amines) is 1. The quantitative estimate of drug-likeness (QED) is 0.854. The van der Waals surface area contributed by atoms with Gasteiger partial charge in [0.2, 0.25) is 0 Å². The summed E-state index contributed by atoms with van der Waals surface area (Å²) >= 11 is 0. The molecule has 1 saturated heterocycles. The highest BCUT2D eigenvalue weighted by Gasteiger charge is 2.26. The van der Waals surface area contributed by atoms with Crippen LogP contribution in [-0.2, 0) is 13.6 Å². The largest absolute Gasteiger partial charge is 0.298 e. The monoisotopic (exact) mass is 271 g/mol. The minimum Gasteiger partial charge on any atom is -0.298 e. The number of rotatable bonds is 3. The van der Waals surface area contributed by atoms with Crippen LogP contribution in [0.3, 0.4) is 0 Å². The minimum atomic E-state index is 0.463. The highest BCUT2D eigenvalue weighted by atomic mass is 15.2. The van der Waals surface area contributed by atoms with Gasteiger partial charge in [-0.15, -0.1) is 0 Å². The van der Waals surface area contributed by atoms with Crippen LogP contribution in [0.4, 0.5) is 0 Å². The van der Waals surface area contributed by atoms with Gasteiger partial charge in [0.1, 0.15) is 5.82 Å². The molecule has 0 amide bonds. The highest BCUT2D eigenvalue weighted by molar-refractivity contribution is 5.13. The van der Waals surface area contributed by atoms with Crippen LogP contribution in [0.1, 0.15) is 35.1 Å². The Hall–Kier alpha value is -1.75. The topological polar surface area (TPSA) is 46.8 Å². The van der Waals surface area contributed by atoms with Gasteiger partial charge in [-0.25, -0.2) is 9.97 Å². The first-order chi connectivity index (χ1) is 9.60. The van der Waals surface area contributed by atoms with E-state index in [9.17, 15) is 0 Å². The molecule has 5 heteroatoms. The molecule has 1 aliphatic heterocycles. The maximum absolute atomic E-state index is 4.61. The fourth-order valence-corrected chi connectivity index (χ4v) is 2.93. The molecule has 0 aliphatic carbocycles. The van der Waals surface area contributed by atoms with Crippen molar-refractivity contribution in [1.29, 1.82) is 0 Å². The van der Waals surface area contributed by atoms with Crippen molar-refractivity contribution < 1.29 is 0 Å². The summed E-state index contributed by atoms with van der Waals surface area (Å²) in [5.74, 6) is 1.47. The summed E-state index contributed by atoms with van der Waals surface area (Å²) in [6.45, 7) is 7.20. The summed E-state index contributed by atoms with van der Waals surface area (Å²) in [5, 5.41) is 4.22. The van der Waals surface area contributed by atoms with Crippen molar-refractivity contribution in [2.45, 2.75) is 32.7 Å². The lowest BCUT2D eigenvalue weighted by Crippen LogP contribution is -2.20. The van der Waals surface area contributed by atoms with Gasteiger partial charge in [0.15, 0.2) is 0 Å². The summed E-state index contributed by atoms with van der Waals surface area (Å²) in [4.78, 5) is 11.7. The molecular weight excluding hydrogens is 250 g/mol. The van der Waals surface area contributed by atoms with Gasteiger partial charge in [0, 0.05) is 49.2 Å². The zero-order valence-corrected chi connectivity index (χ0v) is 12.4. The first kappa shape index (κ1) is 13.2. The predicted octanol–water partition coefficient (Wildman–Crippen LogP) is 1.82. The third-order valence-electron chi connectivity index (χ3n) is 3.80. The molecule has 2 aromatic rings.